The molecule has 3 nitrogen and oxygen atoms in total. The molecule has 1 atom stereocenters. The van der Waals surface area contributed by atoms with E-state index in [9.17, 15) is 9.18 Å². The van der Waals surface area contributed by atoms with Crippen LogP contribution in [0.4, 0.5) is 4.39 Å². The summed E-state index contributed by atoms with van der Waals surface area (Å²) in [5, 5.41) is 0.300. The van der Waals surface area contributed by atoms with Crippen molar-refractivity contribution in [3.63, 3.8) is 0 Å². The van der Waals surface area contributed by atoms with Crippen LogP contribution in [0.5, 0.6) is 0 Å². The van der Waals surface area contributed by atoms with Crippen molar-refractivity contribution < 1.29 is 9.18 Å². The van der Waals surface area contributed by atoms with Crippen LogP contribution < -0.4 is 5.73 Å². The average molecular weight is 285 g/mol. The molecule has 1 aromatic carbocycles. The maximum Gasteiger partial charge on any atom is 0.227 e. The minimum absolute atomic E-state index is 0.00611. The van der Waals surface area contributed by atoms with Crippen molar-refractivity contribution in [3.05, 3.63) is 34.6 Å². The van der Waals surface area contributed by atoms with Crippen molar-refractivity contribution in [1.82, 2.24) is 4.90 Å². The number of nitrogens with zero attached hydrogens (tertiary/aromatic N) is 1. The van der Waals surface area contributed by atoms with Gasteiger partial charge in [-0.1, -0.05) is 24.6 Å². The van der Waals surface area contributed by atoms with Crippen LogP contribution in [0.25, 0.3) is 0 Å². The fourth-order valence-electron chi connectivity index (χ4n) is 2.37. The minimum atomic E-state index is -0.429. The van der Waals surface area contributed by atoms with Gasteiger partial charge in [-0.05, 0) is 30.5 Å². The van der Waals surface area contributed by atoms with Crippen molar-refractivity contribution in [2.45, 2.75) is 19.8 Å². The molecule has 2 N–H and O–H groups in total. The van der Waals surface area contributed by atoms with E-state index in [1.807, 2.05) is 0 Å². The summed E-state index contributed by atoms with van der Waals surface area (Å²) in [6.45, 7) is 3.93. The van der Waals surface area contributed by atoms with Crippen LogP contribution in [0.15, 0.2) is 18.2 Å². The van der Waals surface area contributed by atoms with E-state index in [-0.39, 0.29) is 23.3 Å². The van der Waals surface area contributed by atoms with E-state index < -0.39 is 5.82 Å². The predicted molar refractivity (Wildman–Crippen MR) is 73.5 cm³/mol. The van der Waals surface area contributed by atoms with Gasteiger partial charge in [-0.3, -0.25) is 4.79 Å². The highest BCUT2D eigenvalue weighted by molar-refractivity contribution is 6.31. The summed E-state index contributed by atoms with van der Waals surface area (Å²) in [6.07, 6.45) is 0.895. The highest BCUT2D eigenvalue weighted by Crippen LogP contribution is 2.29. The van der Waals surface area contributed by atoms with Crippen molar-refractivity contribution in [1.29, 1.82) is 0 Å². The first kappa shape index (κ1) is 14.3. The first-order valence-electron chi connectivity index (χ1n) is 6.36. The second kappa shape index (κ2) is 5.47. The van der Waals surface area contributed by atoms with Crippen molar-refractivity contribution in [2.75, 3.05) is 19.6 Å². The van der Waals surface area contributed by atoms with Crippen LogP contribution in [0.3, 0.4) is 0 Å². The Bertz CT molecular complexity index is 474. The average Bonchev–Trinajstić information content (AvgIpc) is 2.77. The van der Waals surface area contributed by atoms with Crippen LogP contribution in [0.2, 0.25) is 5.02 Å². The standard InChI is InChI=1S/C14H18ClFN2O/c1-14(8-17)5-6-18(9-14)13(19)7-10-11(15)3-2-4-12(10)16/h2-4H,5-9,17H2,1H3. The zero-order valence-corrected chi connectivity index (χ0v) is 11.7. The molecular weight excluding hydrogens is 267 g/mol. The lowest BCUT2D eigenvalue weighted by Gasteiger charge is -2.22. The van der Waals surface area contributed by atoms with Gasteiger partial charge in [0.05, 0.1) is 6.42 Å². The molecule has 1 fully saturated rings. The third kappa shape index (κ3) is 3.07. The Balaban J connectivity index is 2.07. The molecule has 19 heavy (non-hydrogen) atoms. The Hall–Kier alpha value is -1.13. The first-order valence-corrected chi connectivity index (χ1v) is 6.74. The summed E-state index contributed by atoms with van der Waals surface area (Å²) >= 11 is 5.93. The quantitative estimate of drug-likeness (QED) is 0.925. The van der Waals surface area contributed by atoms with Crippen LogP contribution in [0, 0.1) is 11.2 Å². The summed E-state index contributed by atoms with van der Waals surface area (Å²) in [5.41, 5.74) is 5.97. The highest BCUT2D eigenvalue weighted by Gasteiger charge is 2.34. The Kier molecular flexibility index (Phi) is 4.11. The molecule has 5 heteroatoms. The molecule has 1 heterocycles. The van der Waals surface area contributed by atoms with Gasteiger partial charge < -0.3 is 10.6 Å². The van der Waals surface area contributed by atoms with E-state index in [0.717, 1.165) is 6.42 Å². The Morgan fingerprint density at radius 1 is 1.58 bits per heavy atom. The van der Waals surface area contributed by atoms with E-state index in [0.29, 0.717) is 24.7 Å². The molecule has 0 aliphatic carbocycles. The molecule has 0 spiro atoms. The molecule has 0 saturated carbocycles. The maximum atomic E-state index is 13.6. The van der Waals surface area contributed by atoms with Gasteiger partial charge in [0.15, 0.2) is 0 Å². The van der Waals surface area contributed by atoms with E-state index in [2.05, 4.69) is 6.92 Å². The summed E-state index contributed by atoms with van der Waals surface area (Å²) in [4.78, 5) is 13.9. The third-order valence-corrected chi connectivity index (χ3v) is 4.15. The second-order valence-corrected chi connectivity index (χ2v) is 5.86. The Morgan fingerprint density at radius 2 is 2.32 bits per heavy atom. The summed E-state index contributed by atoms with van der Waals surface area (Å²) in [6, 6.07) is 4.46. The van der Waals surface area contributed by atoms with Crippen molar-refractivity contribution >= 4 is 17.5 Å². The lowest BCUT2D eigenvalue weighted by Crippen LogP contribution is -2.35. The molecule has 1 unspecified atom stereocenters. The third-order valence-electron chi connectivity index (χ3n) is 3.79. The number of hydrogen-bond donors (Lipinski definition) is 1. The number of hydrogen-bond acceptors (Lipinski definition) is 2. The second-order valence-electron chi connectivity index (χ2n) is 5.46. The molecule has 1 aliphatic heterocycles. The van der Waals surface area contributed by atoms with Crippen LogP contribution in [0.1, 0.15) is 18.9 Å². The summed E-state index contributed by atoms with van der Waals surface area (Å²) < 4.78 is 13.6. The zero-order valence-electron chi connectivity index (χ0n) is 11.0. The van der Waals surface area contributed by atoms with Crippen LogP contribution in [-0.4, -0.2) is 30.4 Å². The maximum absolute atomic E-state index is 13.6. The van der Waals surface area contributed by atoms with Crippen LogP contribution in [-0.2, 0) is 11.2 Å². The van der Waals surface area contributed by atoms with Gasteiger partial charge in [0.25, 0.3) is 0 Å². The first-order chi connectivity index (χ1) is 8.95. The number of carbonyl (C=O) groups is 1. The molecule has 1 saturated heterocycles. The number of amides is 1. The normalized spacial score (nSPS) is 22.8. The Labute approximate surface area is 117 Å². The Morgan fingerprint density at radius 3 is 2.89 bits per heavy atom. The molecule has 104 valence electrons. The number of nitrogens with two attached hydrogens (primary N) is 1. The summed E-state index contributed by atoms with van der Waals surface area (Å²) in [5.74, 6) is -0.522. The minimum Gasteiger partial charge on any atom is -0.342 e. The van der Waals surface area contributed by atoms with E-state index in [1.165, 1.54) is 12.1 Å². The largest absolute Gasteiger partial charge is 0.342 e. The number of halogens is 2. The topological polar surface area (TPSA) is 46.3 Å². The van der Waals surface area contributed by atoms with Crippen LogP contribution >= 0.6 is 11.6 Å². The fraction of sp³-hybridized carbons (Fsp3) is 0.500. The molecule has 0 bridgehead atoms. The monoisotopic (exact) mass is 284 g/mol. The number of likely N-dealkylation sites (tertiary alicyclic amines) is 1. The van der Waals surface area contributed by atoms with Gasteiger partial charge in [-0.2, -0.15) is 0 Å². The van der Waals surface area contributed by atoms with E-state index in [4.69, 9.17) is 17.3 Å². The van der Waals surface area contributed by atoms with Crippen molar-refractivity contribution in [3.8, 4) is 0 Å². The number of benzene rings is 1. The van der Waals surface area contributed by atoms with Gasteiger partial charge in [0.2, 0.25) is 5.91 Å². The highest BCUT2D eigenvalue weighted by atomic mass is 35.5. The molecule has 0 radical (unpaired) electrons. The lowest BCUT2D eigenvalue weighted by molar-refractivity contribution is -0.129. The number of carbonyl (C=O) groups excluding carboxylic acids is 1. The van der Waals surface area contributed by atoms with Crippen molar-refractivity contribution in [2.24, 2.45) is 11.1 Å². The molecule has 1 aromatic rings. The smallest absolute Gasteiger partial charge is 0.227 e. The molecule has 1 amide bonds. The van der Waals surface area contributed by atoms with Gasteiger partial charge in [-0.15, -0.1) is 0 Å². The lowest BCUT2D eigenvalue weighted by atomic mass is 9.90. The molecule has 2 rings (SSSR count). The molecule has 1 aliphatic rings. The molecular formula is C14H18ClFN2O. The molecule has 0 aromatic heterocycles. The van der Waals surface area contributed by atoms with Gasteiger partial charge in [0.1, 0.15) is 5.82 Å². The van der Waals surface area contributed by atoms with E-state index >= 15 is 0 Å². The SMILES string of the molecule is CC1(CN)CCN(C(=O)Cc2c(F)cccc2Cl)C1. The van der Waals surface area contributed by atoms with Gasteiger partial charge in [0, 0.05) is 23.7 Å². The summed E-state index contributed by atoms with van der Waals surface area (Å²) in [7, 11) is 0. The fourth-order valence-corrected chi connectivity index (χ4v) is 2.60. The van der Waals surface area contributed by atoms with E-state index in [1.54, 1.807) is 11.0 Å². The van der Waals surface area contributed by atoms with Gasteiger partial charge in [-0.25, -0.2) is 4.39 Å². The predicted octanol–water partition coefficient (Wildman–Crippen LogP) is 2.22. The zero-order chi connectivity index (χ0) is 14.0. The number of rotatable bonds is 3. The van der Waals surface area contributed by atoms with Gasteiger partial charge >= 0.3 is 0 Å².